The van der Waals surface area contributed by atoms with Gasteiger partial charge in [-0.15, -0.1) is 0 Å². The van der Waals surface area contributed by atoms with E-state index < -0.39 is 6.17 Å². The molecule has 3 aromatic rings. The molecule has 0 saturated carbocycles. The molecule has 0 amide bonds. The van der Waals surface area contributed by atoms with E-state index in [9.17, 15) is 9.50 Å². The Morgan fingerprint density at radius 1 is 1.21 bits per heavy atom. The molecule has 0 spiro atoms. The van der Waals surface area contributed by atoms with Gasteiger partial charge in [-0.05, 0) is 32.3 Å². The number of rotatable bonds is 3. The van der Waals surface area contributed by atoms with Crippen LogP contribution in [0.1, 0.15) is 25.0 Å². The van der Waals surface area contributed by atoms with Crippen molar-refractivity contribution in [3.63, 3.8) is 0 Å². The Morgan fingerprint density at radius 2 is 2.07 bits per heavy atom. The van der Waals surface area contributed by atoms with Crippen LogP contribution in [0.2, 0.25) is 0 Å². The molecule has 2 unspecified atom stereocenters. The maximum atomic E-state index is 14.8. The van der Waals surface area contributed by atoms with Gasteiger partial charge in [-0.25, -0.2) is 14.4 Å². The first-order valence-electron chi connectivity index (χ1n) is 9.64. The summed E-state index contributed by atoms with van der Waals surface area (Å²) in [7, 11) is 1.88. The lowest BCUT2D eigenvalue weighted by molar-refractivity contribution is 0.176. The Bertz CT molecular complexity index is 1020. The number of halogens is 1. The number of nitrogens with one attached hydrogen (secondary N) is 1. The van der Waals surface area contributed by atoms with Gasteiger partial charge < -0.3 is 19.7 Å². The fraction of sp³-hybridized carbons (Fsp3) is 0.450. The summed E-state index contributed by atoms with van der Waals surface area (Å²) in [6, 6.07) is 1.93. The minimum absolute atomic E-state index is 0.0555. The summed E-state index contributed by atoms with van der Waals surface area (Å²) >= 11 is 0. The molecule has 8 heteroatoms. The van der Waals surface area contributed by atoms with E-state index in [-0.39, 0.29) is 17.8 Å². The van der Waals surface area contributed by atoms with Crippen LogP contribution in [0.5, 0.6) is 5.75 Å². The van der Waals surface area contributed by atoms with Crippen molar-refractivity contribution in [2.45, 2.75) is 50.5 Å². The number of alkyl halides is 1. The van der Waals surface area contributed by atoms with Crippen LogP contribution in [-0.2, 0) is 0 Å². The molecule has 5 rings (SSSR count). The summed E-state index contributed by atoms with van der Waals surface area (Å²) in [6.45, 7) is 1.93. The van der Waals surface area contributed by atoms with E-state index in [1.807, 2.05) is 29.5 Å². The lowest BCUT2D eigenvalue weighted by atomic mass is 9.96. The molecule has 2 aliphatic rings. The molecule has 5 heterocycles. The highest BCUT2D eigenvalue weighted by Gasteiger charge is 2.43. The molecular formula is C20H23FN6O. The van der Waals surface area contributed by atoms with E-state index in [1.54, 1.807) is 24.7 Å². The summed E-state index contributed by atoms with van der Waals surface area (Å²) in [5.74, 6) is 0.708. The van der Waals surface area contributed by atoms with E-state index in [0.29, 0.717) is 28.8 Å². The largest absolute Gasteiger partial charge is 0.504 e. The second-order valence-corrected chi connectivity index (χ2v) is 7.84. The molecule has 2 bridgehead atoms. The summed E-state index contributed by atoms with van der Waals surface area (Å²) in [5.41, 5.74) is 2.56. The molecule has 3 aromatic heterocycles. The van der Waals surface area contributed by atoms with Gasteiger partial charge in [0.25, 0.3) is 0 Å². The third-order valence-electron chi connectivity index (χ3n) is 6.17. The molecule has 2 fully saturated rings. The molecule has 7 nitrogen and oxygen atoms in total. The Kier molecular flexibility index (Phi) is 3.97. The number of pyridine rings is 1. The van der Waals surface area contributed by atoms with E-state index >= 15 is 0 Å². The third kappa shape index (κ3) is 2.63. The van der Waals surface area contributed by atoms with Crippen molar-refractivity contribution in [2.24, 2.45) is 0 Å². The van der Waals surface area contributed by atoms with E-state index in [4.69, 9.17) is 0 Å². The fourth-order valence-electron chi connectivity index (χ4n) is 4.53. The molecular weight excluding hydrogens is 359 g/mol. The predicted molar refractivity (Wildman–Crippen MR) is 104 cm³/mol. The fourth-order valence-corrected chi connectivity index (χ4v) is 4.53. The number of piperidine rings is 1. The first-order chi connectivity index (χ1) is 13.5. The number of hydrogen-bond donors (Lipinski definition) is 2. The lowest BCUT2D eigenvalue weighted by Gasteiger charge is -2.38. The average Bonchev–Trinajstić information content (AvgIpc) is 3.29. The van der Waals surface area contributed by atoms with Gasteiger partial charge in [0.1, 0.15) is 12.0 Å². The van der Waals surface area contributed by atoms with Crippen molar-refractivity contribution in [1.29, 1.82) is 0 Å². The van der Waals surface area contributed by atoms with Crippen molar-refractivity contribution in [1.82, 2.24) is 24.7 Å². The summed E-state index contributed by atoms with van der Waals surface area (Å²) < 4.78 is 16.6. The predicted octanol–water partition coefficient (Wildman–Crippen LogP) is 2.47. The molecule has 2 saturated heterocycles. The Morgan fingerprint density at radius 3 is 2.86 bits per heavy atom. The molecule has 28 heavy (non-hydrogen) atoms. The first kappa shape index (κ1) is 17.4. The second-order valence-electron chi connectivity index (χ2n) is 7.84. The maximum Gasteiger partial charge on any atom is 0.180 e. The minimum atomic E-state index is -0.916. The van der Waals surface area contributed by atoms with Gasteiger partial charge >= 0.3 is 0 Å². The first-order valence-corrected chi connectivity index (χ1v) is 9.64. The monoisotopic (exact) mass is 382 g/mol. The quantitative estimate of drug-likeness (QED) is 0.725. The van der Waals surface area contributed by atoms with Gasteiger partial charge in [0, 0.05) is 42.8 Å². The summed E-state index contributed by atoms with van der Waals surface area (Å²) in [6.07, 6.45) is 8.62. The summed E-state index contributed by atoms with van der Waals surface area (Å²) in [5, 5.41) is 13.9. The van der Waals surface area contributed by atoms with Crippen LogP contribution in [-0.4, -0.2) is 55.8 Å². The Balaban J connectivity index is 1.42. The smallest absolute Gasteiger partial charge is 0.180 e. The zero-order valence-electron chi connectivity index (χ0n) is 15.9. The topological polar surface area (TPSA) is 78.6 Å². The van der Waals surface area contributed by atoms with Crippen LogP contribution < -0.4 is 10.2 Å². The molecule has 2 N–H and O–H groups in total. The lowest BCUT2D eigenvalue weighted by Crippen LogP contribution is -2.55. The molecule has 4 atom stereocenters. The van der Waals surface area contributed by atoms with E-state index in [2.05, 4.69) is 20.3 Å². The van der Waals surface area contributed by atoms with Crippen molar-refractivity contribution in [3.05, 3.63) is 36.5 Å². The zero-order valence-corrected chi connectivity index (χ0v) is 15.9. The number of fused-ring (bicyclic) bond motifs is 3. The minimum Gasteiger partial charge on any atom is -0.504 e. The average molecular weight is 382 g/mol. The van der Waals surface area contributed by atoms with Crippen LogP contribution in [0.3, 0.4) is 0 Å². The molecule has 146 valence electrons. The number of imidazole rings is 1. The van der Waals surface area contributed by atoms with E-state index in [0.717, 1.165) is 25.0 Å². The molecule has 2 aliphatic heterocycles. The van der Waals surface area contributed by atoms with Crippen molar-refractivity contribution >= 4 is 11.5 Å². The Labute approximate surface area is 162 Å². The number of anilines is 1. The van der Waals surface area contributed by atoms with Crippen LogP contribution in [0.4, 0.5) is 10.2 Å². The Hall–Kier alpha value is -2.74. The molecule has 0 aromatic carbocycles. The number of hydrogen-bond acceptors (Lipinski definition) is 6. The maximum absolute atomic E-state index is 14.8. The highest BCUT2D eigenvalue weighted by Crippen LogP contribution is 2.34. The van der Waals surface area contributed by atoms with Gasteiger partial charge in [0.15, 0.2) is 11.4 Å². The van der Waals surface area contributed by atoms with Crippen molar-refractivity contribution in [3.8, 4) is 17.0 Å². The van der Waals surface area contributed by atoms with Gasteiger partial charge in [0.05, 0.1) is 24.1 Å². The van der Waals surface area contributed by atoms with Crippen LogP contribution in [0, 0.1) is 6.92 Å². The van der Waals surface area contributed by atoms with Gasteiger partial charge in [0.2, 0.25) is 0 Å². The number of aromatic nitrogens is 4. The van der Waals surface area contributed by atoms with Crippen LogP contribution >= 0.6 is 0 Å². The third-order valence-corrected chi connectivity index (χ3v) is 6.17. The van der Waals surface area contributed by atoms with Crippen LogP contribution in [0.25, 0.3) is 16.9 Å². The number of nitrogens with zero attached hydrogens (tertiary/aromatic N) is 5. The highest BCUT2D eigenvalue weighted by molar-refractivity contribution is 5.75. The number of aromatic hydroxyl groups is 1. The van der Waals surface area contributed by atoms with Crippen molar-refractivity contribution in [2.75, 3.05) is 11.9 Å². The molecule has 0 radical (unpaired) electrons. The van der Waals surface area contributed by atoms with E-state index in [1.165, 1.54) is 0 Å². The zero-order chi connectivity index (χ0) is 19.4. The second kappa shape index (κ2) is 6.41. The normalized spacial score (nSPS) is 26.7. The van der Waals surface area contributed by atoms with Gasteiger partial charge in [-0.3, -0.25) is 4.98 Å². The van der Waals surface area contributed by atoms with Gasteiger partial charge in [-0.1, -0.05) is 0 Å². The number of aryl methyl sites for hydroxylation is 1. The van der Waals surface area contributed by atoms with Crippen LogP contribution in [0.15, 0.2) is 30.9 Å². The summed E-state index contributed by atoms with van der Waals surface area (Å²) in [4.78, 5) is 15.1. The SMILES string of the molecule is Cc1cnc2c(O)c(-c3cnc(N(C)[C@H]4CC5CCC(N5)[C@H]4F)cn3)ccn12. The standard InChI is InChI=1S/C20H23FN6O/c1-11-8-24-20-19(28)13(5-6-27(11)20)15-9-23-17(10-22-15)26(2)16-7-12-3-4-14(25-12)18(16)21/h5-6,8-10,12,14,16,18,25,28H,3-4,7H2,1-2H3/t12?,14?,16-,18+/m0/s1. The van der Waals surface area contributed by atoms with Gasteiger partial charge in [-0.2, -0.15) is 0 Å². The molecule has 0 aliphatic carbocycles. The highest BCUT2D eigenvalue weighted by atomic mass is 19.1. The van der Waals surface area contributed by atoms with Crippen molar-refractivity contribution < 1.29 is 9.50 Å².